The minimum Gasteiger partial charge on any atom is -0.511 e. The standard InChI is InChI=1S/C23H24N2O4S/c1-23(2)13-21(26)19(22(27)14-23)15-24-17-7-9-18(10-8-17)30(28,29)25-12-11-16-5-3-4-6-20(16)25/h3-10,15,26H,11-14H2,1-2H3. The van der Waals surface area contributed by atoms with E-state index in [4.69, 9.17) is 0 Å². The van der Waals surface area contributed by atoms with Crippen LogP contribution < -0.4 is 4.31 Å². The Morgan fingerprint density at radius 2 is 1.77 bits per heavy atom. The number of hydrogen-bond donors (Lipinski definition) is 1. The summed E-state index contributed by atoms with van der Waals surface area (Å²) >= 11 is 0. The van der Waals surface area contributed by atoms with Crippen molar-refractivity contribution < 1.29 is 18.3 Å². The number of aliphatic hydroxyl groups excluding tert-OH is 1. The molecule has 4 rings (SSSR count). The Bertz CT molecular complexity index is 1160. The third-order valence-electron chi connectivity index (χ3n) is 5.51. The Balaban J connectivity index is 1.55. The zero-order valence-electron chi connectivity index (χ0n) is 17.0. The molecule has 0 unspecified atom stereocenters. The van der Waals surface area contributed by atoms with Crippen molar-refractivity contribution in [3.05, 3.63) is 65.4 Å². The average molecular weight is 425 g/mol. The van der Waals surface area contributed by atoms with Crippen molar-refractivity contribution in [2.45, 2.75) is 38.0 Å². The highest BCUT2D eigenvalue weighted by Crippen LogP contribution is 2.36. The number of aliphatic imine (C=N–C) groups is 1. The van der Waals surface area contributed by atoms with Crippen LogP contribution in [-0.2, 0) is 21.2 Å². The minimum absolute atomic E-state index is 0.0481. The molecular formula is C23H24N2O4S. The molecule has 156 valence electrons. The summed E-state index contributed by atoms with van der Waals surface area (Å²) in [6.45, 7) is 4.30. The average Bonchev–Trinajstić information content (AvgIpc) is 3.12. The third-order valence-corrected chi connectivity index (χ3v) is 7.34. The lowest BCUT2D eigenvalue weighted by atomic mass is 9.77. The second-order valence-corrected chi connectivity index (χ2v) is 10.4. The monoisotopic (exact) mass is 424 g/mol. The van der Waals surface area contributed by atoms with Crippen LogP contribution >= 0.6 is 0 Å². The van der Waals surface area contributed by atoms with Crippen LogP contribution in [0.3, 0.4) is 0 Å². The number of fused-ring (bicyclic) bond motifs is 1. The van der Waals surface area contributed by atoms with E-state index in [1.807, 2.05) is 38.1 Å². The van der Waals surface area contributed by atoms with E-state index in [9.17, 15) is 18.3 Å². The number of nitrogens with zero attached hydrogens (tertiary/aromatic N) is 2. The Hall–Kier alpha value is -2.93. The van der Waals surface area contributed by atoms with Gasteiger partial charge in [0.15, 0.2) is 5.78 Å². The van der Waals surface area contributed by atoms with Gasteiger partial charge in [0.05, 0.1) is 21.8 Å². The first-order valence-electron chi connectivity index (χ1n) is 9.87. The maximum atomic E-state index is 13.1. The number of ketones is 1. The van der Waals surface area contributed by atoms with Gasteiger partial charge in [0.25, 0.3) is 10.0 Å². The third kappa shape index (κ3) is 3.77. The van der Waals surface area contributed by atoms with Gasteiger partial charge in [-0.25, -0.2) is 8.42 Å². The van der Waals surface area contributed by atoms with Crippen LogP contribution in [0.4, 0.5) is 11.4 Å². The number of carbonyl (C=O) groups excluding carboxylic acids is 1. The van der Waals surface area contributed by atoms with Crippen LogP contribution in [0.1, 0.15) is 32.3 Å². The SMILES string of the molecule is CC1(C)CC(=O)C(C=Nc2ccc(S(=O)(=O)N3CCc4ccccc43)cc2)=C(O)C1. The lowest BCUT2D eigenvalue weighted by molar-refractivity contribution is -0.117. The number of sulfonamides is 1. The fourth-order valence-electron chi connectivity index (χ4n) is 3.98. The summed E-state index contributed by atoms with van der Waals surface area (Å²) in [7, 11) is -3.66. The molecule has 30 heavy (non-hydrogen) atoms. The minimum atomic E-state index is -3.66. The van der Waals surface area contributed by atoms with Gasteiger partial charge < -0.3 is 5.11 Å². The highest BCUT2D eigenvalue weighted by molar-refractivity contribution is 7.92. The summed E-state index contributed by atoms with van der Waals surface area (Å²) < 4.78 is 27.6. The molecule has 1 aliphatic heterocycles. The molecular weight excluding hydrogens is 400 g/mol. The second-order valence-electron chi connectivity index (χ2n) is 8.51. The summed E-state index contributed by atoms with van der Waals surface area (Å²) in [5.41, 5.74) is 2.22. The fourth-order valence-corrected chi connectivity index (χ4v) is 5.48. The van der Waals surface area contributed by atoms with Gasteiger partial charge in [0, 0.05) is 25.6 Å². The lowest BCUT2D eigenvalue weighted by Crippen LogP contribution is -2.29. The zero-order valence-corrected chi connectivity index (χ0v) is 17.8. The largest absolute Gasteiger partial charge is 0.511 e. The molecule has 2 aromatic rings. The van der Waals surface area contributed by atoms with Gasteiger partial charge in [0.1, 0.15) is 5.76 Å². The molecule has 2 aromatic carbocycles. The van der Waals surface area contributed by atoms with Crippen LogP contribution in [0, 0.1) is 5.41 Å². The van der Waals surface area contributed by atoms with Crippen molar-refractivity contribution in [1.29, 1.82) is 0 Å². The predicted octanol–water partition coefficient (Wildman–Crippen LogP) is 4.34. The number of para-hydroxylation sites is 1. The molecule has 0 atom stereocenters. The molecule has 0 radical (unpaired) electrons. The molecule has 0 bridgehead atoms. The maximum absolute atomic E-state index is 13.1. The van der Waals surface area contributed by atoms with Crippen LogP contribution in [-0.4, -0.2) is 32.1 Å². The van der Waals surface area contributed by atoms with E-state index < -0.39 is 10.0 Å². The topological polar surface area (TPSA) is 87.0 Å². The van der Waals surface area contributed by atoms with Gasteiger partial charge in [-0.1, -0.05) is 32.0 Å². The molecule has 1 N–H and O–H groups in total. The Morgan fingerprint density at radius 1 is 1.07 bits per heavy atom. The van der Waals surface area contributed by atoms with Gasteiger partial charge >= 0.3 is 0 Å². The molecule has 0 spiro atoms. The van der Waals surface area contributed by atoms with Gasteiger partial charge in [-0.2, -0.15) is 0 Å². The molecule has 0 saturated carbocycles. The number of hydrogen-bond acceptors (Lipinski definition) is 5. The number of benzene rings is 2. The van der Waals surface area contributed by atoms with Crippen LogP contribution in [0.5, 0.6) is 0 Å². The van der Waals surface area contributed by atoms with Crippen LogP contribution in [0.2, 0.25) is 0 Å². The summed E-state index contributed by atoms with van der Waals surface area (Å²) in [5.74, 6) is -0.0914. The number of aliphatic hydroxyl groups is 1. The van der Waals surface area contributed by atoms with Gasteiger partial charge in [-0.3, -0.25) is 14.1 Å². The fraction of sp³-hybridized carbons (Fsp3) is 0.304. The number of anilines is 1. The molecule has 2 aliphatic rings. The van der Waals surface area contributed by atoms with E-state index in [0.29, 0.717) is 31.5 Å². The van der Waals surface area contributed by atoms with Crippen molar-refractivity contribution in [2.75, 3.05) is 10.8 Å². The quantitative estimate of drug-likeness (QED) is 0.740. The van der Waals surface area contributed by atoms with Crippen molar-refractivity contribution in [3.63, 3.8) is 0 Å². The number of carbonyl (C=O) groups is 1. The van der Waals surface area contributed by atoms with Gasteiger partial charge in [-0.15, -0.1) is 0 Å². The Morgan fingerprint density at radius 3 is 2.47 bits per heavy atom. The second kappa shape index (κ2) is 7.40. The maximum Gasteiger partial charge on any atom is 0.264 e. The zero-order chi connectivity index (χ0) is 21.5. The van der Waals surface area contributed by atoms with E-state index >= 15 is 0 Å². The van der Waals surface area contributed by atoms with Crippen molar-refractivity contribution >= 4 is 33.4 Å². The Labute approximate surface area is 176 Å². The van der Waals surface area contributed by atoms with Crippen LogP contribution in [0.25, 0.3) is 0 Å². The number of Topliss-reactive ketones (excluding diaryl/α,β-unsaturated/α-hetero) is 1. The smallest absolute Gasteiger partial charge is 0.264 e. The summed E-state index contributed by atoms with van der Waals surface area (Å²) in [4.78, 5) is 16.7. The summed E-state index contributed by atoms with van der Waals surface area (Å²) in [6.07, 6.45) is 2.84. The van der Waals surface area contributed by atoms with Gasteiger partial charge in [0.2, 0.25) is 0 Å². The predicted molar refractivity (Wildman–Crippen MR) is 117 cm³/mol. The lowest BCUT2D eigenvalue weighted by Gasteiger charge is -2.28. The highest BCUT2D eigenvalue weighted by atomic mass is 32.2. The van der Waals surface area contributed by atoms with E-state index in [2.05, 4.69) is 4.99 Å². The number of allylic oxidation sites excluding steroid dienone is 2. The molecule has 1 heterocycles. The molecule has 0 aromatic heterocycles. The summed E-state index contributed by atoms with van der Waals surface area (Å²) in [6, 6.07) is 13.7. The molecule has 0 amide bonds. The van der Waals surface area contributed by atoms with Crippen molar-refractivity contribution in [1.82, 2.24) is 0 Å². The van der Waals surface area contributed by atoms with E-state index in [0.717, 1.165) is 11.3 Å². The number of rotatable bonds is 4. The van der Waals surface area contributed by atoms with E-state index in [1.54, 1.807) is 12.1 Å². The molecule has 1 aliphatic carbocycles. The van der Waals surface area contributed by atoms with E-state index in [-0.39, 0.29) is 27.4 Å². The first-order chi connectivity index (χ1) is 14.2. The molecule has 6 nitrogen and oxygen atoms in total. The van der Waals surface area contributed by atoms with Crippen molar-refractivity contribution in [2.24, 2.45) is 10.4 Å². The first-order valence-corrected chi connectivity index (χ1v) is 11.3. The van der Waals surface area contributed by atoms with Crippen LogP contribution in [0.15, 0.2) is 69.8 Å². The van der Waals surface area contributed by atoms with Crippen molar-refractivity contribution in [3.8, 4) is 0 Å². The normalized spacial score (nSPS) is 18.9. The molecule has 0 saturated heterocycles. The van der Waals surface area contributed by atoms with E-state index in [1.165, 1.54) is 22.7 Å². The van der Waals surface area contributed by atoms with Gasteiger partial charge in [-0.05, 0) is 47.7 Å². The summed E-state index contributed by atoms with van der Waals surface area (Å²) in [5, 5.41) is 10.2. The first kappa shape index (κ1) is 20.3. The highest BCUT2D eigenvalue weighted by Gasteiger charge is 2.32. The molecule has 7 heteroatoms. The molecule has 0 fully saturated rings. The Kier molecular flexibility index (Phi) is 5.02.